The van der Waals surface area contributed by atoms with Crippen molar-refractivity contribution in [3.8, 4) is 6.07 Å². The molecule has 2 aliphatic rings. The molecule has 0 spiro atoms. The van der Waals surface area contributed by atoms with Crippen molar-refractivity contribution in [2.45, 2.75) is 50.0 Å². The van der Waals surface area contributed by atoms with E-state index in [0.29, 0.717) is 6.04 Å². The Hall–Kier alpha value is -1.40. The first-order chi connectivity index (χ1) is 9.73. The molecule has 1 aliphatic heterocycles. The quantitative estimate of drug-likeness (QED) is 0.822. The van der Waals surface area contributed by atoms with Crippen LogP contribution in [-0.2, 0) is 5.41 Å². The second-order valence-corrected chi connectivity index (χ2v) is 6.18. The number of hydrogen-bond donors (Lipinski definition) is 0. The van der Waals surface area contributed by atoms with E-state index < -0.39 is 5.41 Å². The predicted octanol–water partition coefficient (Wildman–Crippen LogP) is 3.63. The minimum Gasteiger partial charge on any atom is -0.300 e. The van der Waals surface area contributed by atoms with Gasteiger partial charge >= 0.3 is 0 Å². The highest BCUT2D eigenvalue weighted by Gasteiger charge is 2.39. The summed E-state index contributed by atoms with van der Waals surface area (Å²) in [5, 5.41) is 9.66. The molecule has 1 aliphatic carbocycles. The largest absolute Gasteiger partial charge is 0.300 e. The van der Waals surface area contributed by atoms with E-state index in [1.165, 1.54) is 38.1 Å². The average Bonchev–Trinajstić information content (AvgIpc) is 3.02. The third-order valence-corrected chi connectivity index (χ3v) is 5.08. The summed E-state index contributed by atoms with van der Waals surface area (Å²) >= 11 is 0. The van der Waals surface area contributed by atoms with Crippen LogP contribution in [0.25, 0.3) is 0 Å². The van der Waals surface area contributed by atoms with Gasteiger partial charge in [-0.2, -0.15) is 5.26 Å². The molecule has 1 heterocycles. The van der Waals surface area contributed by atoms with E-state index >= 15 is 0 Å². The first-order valence-corrected chi connectivity index (χ1v) is 7.65. The molecule has 1 saturated carbocycles. The summed E-state index contributed by atoms with van der Waals surface area (Å²) in [6.45, 7) is 2.45. The van der Waals surface area contributed by atoms with Crippen molar-refractivity contribution in [3.05, 3.63) is 35.6 Å². The van der Waals surface area contributed by atoms with E-state index in [1.807, 2.05) is 0 Å². The molecule has 0 N–H and O–H groups in total. The second kappa shape index (κ2) is 5.54. The van der Waals surface area contributed by atoms with Crippen LogP contribution in [0, 0.1) is 17.1 Å². The summed E-state index contributed by atoms with van der Waals surface area (Å²) in [5.41, 5.74) is 0.588. The Balaban J connectivity index is 1.73. The van der Waals surface area contributed by atoms with Crippen LogP contribution < -0.4 is 0 Å². The van der Waals surface area contributed by atoms with E-state index in [-0.39, 0.29) is 5.82 Å². The molecule has 0 unspecified atom stereocenters. The number of halogens is 1. The fourth-order valence-electron chi connectivity index (χ4n) is 3.80. The van der Waals surface area contributed by atoms with Crippen molar-refractivity contribution in [1.29, 1.82) is 5.26 Å². The van der Waals surface area contributed by atoms with Gasteiger partial charge < -0.3 is 4.90 Å². The van der Waals surface area contributed by atoms with Gasteiger partial charge in [-0.3, -0.25) is 0 Å². The van der Waals surface area contributed by atoms with E-state index in [9.17, 15) is 9.65 Å². The lowest BCUT2D eigenvalue weighted by Gasteiger charge is -2.39. The Morgan fingerprint density at radius 2 is 1.70 bits per heavy atom. The molecule has 3 heteroatoms. The highest BCUT2D eigenvalue weighted by Crippen LogP contribution is 2.40. The summed E-state index contributed by atoms with van der Waals surface area (Å²) in [5.74, 6) is -0.229. The Morgan fingerprint density at radius 3 is 2.25 bits per heavy atom. The van der Waals surface area contributed by atoms with Gasteiger partial charge in [-0.25, -0.2) is 4.39 Å². The van der Waals surface area contributed by atoms with Gasteiger partial charge in [0.25, 0.3) is 0 Å². The topological polar surface area (TPSA) is 27.0 Å². The van der Waals surface area contributed by atoms with Gasteiger partial charge in [0.05, 0.1) is 11.5 Å². The van der Waals surface area contributed by atoms with Crippen LogP contribution in [0.3, 0.4) is 0 Å². The number of nitriles is 1. The summed E-state index contributed by atoms with van der Waals surface area (Å²) in [6, 6.07) is 9.69. The molecular formula is C17H21FN2. The smallest absolute Gasteiger partial charge is 0.123 e. The number of likely N-dealkylation sites (tertiary alicyclic amines) is 1. The molecule has 2 fully saturated rings. The minimum absolute atomic E-state index is 0.229. The molecule has 106 valence electrons. The van der Waals surface area contributed by atoms with Gasteiger partial charge in [-0.15, -0.1) is 0 Å². The molecular weight excluding hydrogens is 251 g/mol. The molecule has 0 atom stereocenters. The summed E-state index contributed by atoms with van der Waals surface area (Å²) < 4.78 is 13.1. The monoisotopic (exact) mass is 272 g/mol. The van der Waals surface area contributed by atoms with Gasteiger partial charge in [0.1, 0.15) is 5.82 Å². The fraction of sp³-hybridized carbons (Fsp3) is 0.588. The maximum Gasteiger partial charge on any atom is 0.123 e. The Morgan fingerprint density at radius 1 is 1.10 bits per heavy atom. The van der Waals surface area contributed by atoms with Crippen molar-refractivity contribution in [2.75, 3.05) is 13.1 Å². The average molecular weight is 272 g/mol. The summed E-state index contributed by atoms with van der Waals surface area (Å²) in [6.07, 6.45) is 6.61. The first kappa shape index (κ1) is 13.6. The molecule has 0 bridgehead atoms. The lowest BCUT2D eigenvalue weighted by molar-refractivity contribution is 0.165. The number of nitrogens with zero attached hydrogens (tertiary/aromatic N) is 2. The second-order valence-electron chi connectivity index (χ2n) is 6.18. The molecule has 1 saturated heterocycles. The number of rotatable bonds is 2. The van der Waals surface area contributed by atoms with Crippen LogP contribution in [0.1, 0.15) is 44.1 Å². The van der Waals surface area contributed by atoms with Crippen LogP contribution in [-0.4, -0.2) is 24.0 Å². The van der Waals surface area contributed by atoms with Crippen molar-refractivity contribution in [2.24, 2.45) is 0 Å². The third-order valence-electron chi connectivity index (χ3n) is 5.08. The first-order valence-electron chi connectivity index (χ1n) is 7.65. The lowest BCUT2D eigenvalue weighted by atomic mass is 9.69. The molecule has 3 rings (SSSR count). The Kier molecular flexibility index (Phi) is 3.76. The Bertz CT molecular complexity index is 489. The van der Waals surface area contributed by atoms with Gasteiger partial charge in [-0.1, -0.05) is 12.1 Å². The highest BCUT2D eigenvalue weighted by atomic mass is 19.1. The molecule has 20 heavy (non-hydrogen) atoms. The molecule has 0 aromatic heterocycles. The van der Waals surface area contributed by atoms with E-state index in [4.69, 9.17) is 0 Å². The number of hydrogen-bond acceptors (Lipinski definition) is 2. The van der Waals surface area contributed by atoms with Crippen molar-refractivity contribution in [1.82, 2.24) is 4.90 Å². The molecule has 0 amide bonds. The van der Waals surface area contributed by atoms with Gasteiger partial charge in [0.2, 0.25) is 0 Å². The minimum atomic E-state index is -0.399. The predicted molar refractivity (Wildman–Crippen MR) is 76.8 cm³/mol. The normalized spacial score (nSPS) is 31.1. The van der Waals surface area contributed by atoms with Gasteiger partial charge in [-0.05, 0) is 69.3 Å². The molecule has 1 aromatic carbocycles. The van der Waals surface area contributed by atoms with E-state index in [0.717, 1.165) is 31.2 Å². The molecule has 1 aromatic rings. The van der Waals surface area contributed by atoms with Crippen LogP contribution in [0.2, 0.25) is 0 Å². The molecule has 0 radical (unpaired) electrons. The van der Waals surface area contributed by atoms with E-state index in [1.54, 1.807) is 12.1 Å². The summed E-state index contributed by atoms with van der Waals surface area (Å²) in [4.78, 5) is 2.59. The number of benzene rings is 1. The van der Waals surface area contributed by atoms with Crippen LogP contribution in [0.15, 0.2) is 24.3 Å². The maximum atomic E-state index is 13.1. The van der Waals surface area contributed by atoms with E-state index in [2.05, 4.69) is 11.0 Å². The fourth-order valence-corrected chi connectivity index (χ4v) is 3.80. The lowest BCUT2D eigenvalue weighted by Crippen LogP contribution is -2.40. The van der Waals surface area contributed by atoms with Crippen LogP contribution in [0.5, 0.6) is 0 Å². The van der Waals surface area contributed by atoms with Crippen molar-refractivity contribution < 1.29 is 4.39 Å². The zero-order valence-corrected chi connectivity index (χ0v) is 11.8. The standard InChI is InChI=1S/C17H21FN2/c18-15-5-3-14(4-6-15)17(13-19)9-7-16(8-10-17)20-11-1-2-12-20/h3-6,16H,1-2,7-12H2. The summed E-state index contributed by atoms with van der Waals surface area (Å²) in [7, 11) is 0. The Labute approximate surface area is 120 Å². The zero-order valence-electron chi connectivity index (χ0n) is 11.8. The van der Waals surface area contributed by atoms with Crippen molar-refractivity contribution in [3.63, 3.8) is 0 Å². The highest BCUT2D eigenvalue weighted by molar-refractivity contribution is 5.33. The zero-order chi connectivity index (χ0) is 14.0. The molecule has 2 nitrogen and oxygen atoms in total. The maximum absolute atomic E-state index is 13.1. The van der Waals surface area contributed by atoms with Crippen LogP contribution >= 0.6 is 0 Å². The SMILES string of the molecule is N#CC1(c2ccc(F)cc2)CCC(N2CCCC2)CC1. The van der Waals surface area contributed by atoms with Crippen LogP contribution in [0.4, 0.5) is 4.39 Å². The van der Waals surface area contributed by atoms with Gasteiger partial charge in [0.15, 0.2) is 0 Å². The van der Waals surface area contributed by atoms with Crippen molar-refractivity contribution >= 4 is 0 Å². The third kappa shape index (κ3) is 2.45. The van der Waals surface area contributed by atoms with Gasteiger partial charge in [0, 0.05) is 6.04 Å².